The number of carbonyl (C=O) groups excluding carboxylic acids is 1. The van der Waals surface area contributed by atoms with Crippen LogP contribution in [-0.2, 0) is 14.8 Å². The van der Waals surface area contributed by atoms with Gasteiger partial charge in [-0.2, -0.15) is 4.31 Å². The van der Waals surface area contributed by atoms with Crippen molar-refractivity contribution in [1.29, 1.82) is 0 Å². The van der Waals surface area contributed by atoms with Crippen LogP contribution >= 0.6 is 0 Å². The Balaban J connectivity index is 3.31. The second-order valence-electron chi connectivity index (χ2n) is 5.61. The summed E-state index contributed by atoms with van der Waals surface area (Å²) in [4.78, 5) is 11.2. The highest BCUT2D eigenvalue weighted by atomic mass is 32.2. The summed E-state index contributed by atoms with van der Waals surface area (Å²) in [5.41, 5.74) is 13.1. The van der Waals surface area contributed by atoms with Gasteiger partial charge in [-0.05, 0) is 43.0 Å². The van der Waals surface area contributed by atoms with Gasteiger partial charge in [0.1, 0.15) is 0 Å². The zero-order valence-corrected chi connectivity index (χ0v) is 13.7. The van der Waals surface area contributed by atoms with Gasteiger partial charge in [-0.1, -0.05) is 13.8 Å². The van der Waals surface area contributed by atoms with Crippen LogP contribution in [0.25, 0.3) is 0 Å². The van der Waals surface area contributed by atoms with E-state index in [-0.39, 0.29) is 23.9 Å². The number of nitrogens with two attached hydrogens (primary N) is 2. The second kappa shape index (κ2) is 6.44. The first kappa shape index (κ1) is 17.5. The van der Waals surface area contributed by atoms with Crippen LogP contribution < -0.4 is 11.5 Å². The van der Waals surface area contributed by atoms with Gasteiger partial charge < -0.3 is 11.5 Å². The standard InChI is InChI=1S/C14H23N3O3S/c1-9(2)7-17(8-14(16)18)21(19,20)12-5-10(3)11(4)13(15)6-12/h5-6,9H,7-8,15H2,1-4H3,(H2,16,18). The number of hydrogen-bond acceptors (Lipinski definition) is 4. The molecule has 0 fully saturated rings. The van der Waals surface area contributed by atoms with Crippen molar-refractivity contribution >= 4 is 21.6 Å². The highest BCUT2D eigenvalue weighted by Crippen LogP contribution is 2.24. The summed E-state index contributed by atoms with van der Waals surface area (Å²) in [6.45, 7) is 7.25. The molecule has 0 bridgehead atoms. The van der Waals surface area contributed by atoms with E-state index in [2.05, 4.69) is 0 Å². The fourth-order valence-corrected chi connectivity index (χ4v) is 3.67. The molecule has 7 heteroatoms. The molecule has 0 saturated carbocycles. The third-order valence-corrected chi connectivity index (χ3v) is 5.01. The minimum Gasteiger partial charge on any atom is -0.398 e. The molecule has 0 spiro atoms. The van der Waals surface area contributed by atoms with E-state index >= 15 is 0 Å². The van der Waals surface area contributed by atoms with Crippen LogP contribution in [0.4, 0.5) is 5.69 Å². The molecule has 0 aliphatic heterocycles. The van der Waals surface area contributed by atoms with Crippen molar-refractivity contribution in [2.75, 3.05) is 18.8 Å². The van der Waals surface area contributed by atoms with Gasteiger partial charge in [0.15, 0.2) is 0 Å². The van der Waals surface area contributed by atoms with Crippen LogP contribution in [0.1, 0.15) is 25.0 Å². The Labute approximate surface area is 126 Å². The van der Waals surface area contributed by atoms with Crippen LogP contribution in [-0.4, -0.2) is 31.7 Å². The minimum absolute atomic E-state index is 0.0722. The molecule has 1 rings (SSSR count). The Bertz CT molecular complexity index is 616. The quantitative estimate of drug-likeness (QED) is 0.764. The molecule has 0 heterocycles. The van der Waals surface area contributed by atoms with Crippen molar-refractivity contribution < 1.29 is 13.2 Å². The number of benzene rings is 1. The average molecular weight is 313 g/mol. The van der Waals surface area contributed by atoms with Gasteiger partial charge in [0.05, 0.1) is 11.4 Å². The Morgan fingerprint density at radius 3 is 2.29 bits per heavy atom. The summed E-state index contributed by atoms with van der Waals surface area (Å²) < 4.78 is 26.5. The van der Waals surface area contributed by atoms with Gasteiger partial charge in [0, 0.05) is 12.2 Å². The number of anilines is 1. The van der Waals surface area contributed by atoms with E-state index < -0.39 is 15.9 Å². The molecule has 0 aliphatic rings. The Morgan fingerprint density at radius 1 is 1.29 bits per heavy atom. The summed E-state index contributed by atoms with van der Waals surface area (Å²) in [6.07, 6.45) is 0. The fraction of sp³-hybridized carbons (Fsp3) is 0.500. The van der Waals surface area contributed by atoms with E-state index in [1.165, 1.54) is 6.07 Å². The molecule has 0 unspecified atom stereocenters. The van der Waals surface area contributed by atoms with E-state index in [1.807, 2.05) is 20.8 Å². The number of nitrogen functional groups attached to an aromatic ring is 1. The molecule has 0 radical (unpaired) electrons. The zero-order chi connectivity index (χ0) is 16.4. The van der Waals surface area contributed by atoms with E-state index in [4.69, 9.17) is 11.5 Å². The smallest absolute Gasteiger partial charge is 0.243 e. The van der Waals surface area contributed by atoms with E-state index in [0.717, 1.165) is 15.4 Å². The Kier molecular flexibility index (Phi) is 5.36. The average Bonchev–Trinajstić information content (AvgIpc) is 2.33. The third-order valence-electron chi connectivity index (χ3n) is 3.22. The number of nitrogens with zero attached hydrogens (tertiary/aromatic N) is 1. The first-order valence-corrected chi connectivity index (χ1v) is 8.15. The number of aryl methyl sites for hydroxylation is 1. The van der Waals surface area contributed by atoms with Gasteiger partial charge in [-0.3, -0.25) is 4.79 Å². The first-order chi connectivity index (χ1) is 9.55. The monoisotopic (exact) mass is 313 g/mol. The number of sulfonamides is 1. The Hall–Kier alpha value is -1.60. The van der Waals surface area contributed by atoms with Gasteiger partial charge in [-0.25, -0.2) is 8.42 Å². The van der Waals surface area contributed by atoms with Gasteiger partial charge in [0.2, 0.25) is 15.9 Å². The summed E-state index contributed by atoms with van der Waals surface area (Å²) in [6, 6.07) is 2.99. The number of primary amides is 1. The van der Waals surface area contributed by atoms with Crippen molar-refractivity contribution in [2.45, 2.75) is 32.6 Å². The van der Waals surface area contributed by atoms with Crippen molar-refractivity contribution in [1.82, 2.24) is 4.31 Å². The number of hydrogen-bond donors (Lipinski definition) is 2. The van der Waals surface area contributed by atoms with Gasteiger partial charge in [0.25, 0.3) is 0 Å². The fourth-order valence-electron chi connectivity index (χ4n) is 1.98. The molecule has 1 aromatic carbocycles. The summed E-state index contributed by atoms with van der Waals surface area (Å²) in [5.74, 6) is -0.612. The zero-order valence-electron chi connectivity index (χ0n) is 12.9. The molecular formula is C14H23N3O3S. The maximum Gasteiger partial charge on any atom is 0.243 e. The highest BCUT2D eigenvalue weighted by Gasteiger charge is 2.27. The molecule has 0 aromatic heterocycles. The van der Waals surface area contributed by atoms with Crippen LogP contribution in [0.15, 0.2) is 17.0 Å². The number of amides is 1. The lowest BCUT2D eigenvalue weighted by Crippen LogP contribution is -2.40. The minimum atomic E-state index is -3.80. The highest BCUT2D eigenvalue weighted by molar-refractivity contribution is 7.89. The van der Waals surface area contributed by atoms with Crippen LogP contribution in [0.2, 0.25) is 0 Å². The molecule has 21 heavy (non-hydrogen) atoms. The maximum absolute atomic E-state index is 12.7. The number of carbonyl (C=O) groups is 1. The maximum atomic E-state index is 12.7. The van der Waals surface area contributed by atoms with E-state index in [1.54, 1.807) is 13.0 Å². The summed E-state index contributed by atoms with van der Waals surface area (Å²) in [7, 11) is -3.80. The molecule has 0 atom stereocenters. The van der Waals surface area contributed by atoms with Crippen molar-refractivity contribution in [3.8, 4) is 0 Å². The molecule has 0 saturated heterocycles. The molecule has 118 valence electrons. The summed E-state index contributed by atoms with van der Waals surface area (Å²) >= 11 is 0. The molecule has 6 nitrogen and oxygen atoms in total. The van der Waals surface area contributed by atoms with Crippen molar-refractivity contribution in [3.05, 3.63) is 23.3 Å². The summed E-state index contributed by atoms with van der Waals surface area (Å²) in [5, 5.41) is 0. The van der Waals surface area contributed by atoms with Gasteiger partial charge >= 0.3 is 0 Å². The molecule has 1 amide bonds. The van der Waals surface area contributed by atoms with Crippen molar-refractivity contribution in [3.63, 3.8) is 0 Å². The van der Waals surface area contributed by atoms with Gasteiger partial charge in [-0.15, -0.1) is 0 Å². The van der Waals surface area contributed by atoms with Crippen LogP contribution in [0.5, 0.6) is 0 Å². The lowest BCUT2D eigenvalue weighted by atomic mass is 10.1. The van der Waals surface area contributed by atoms with E-state index in [0.29, 0.717) is 5.69 Å². The third kappa shape index (κ3) is 4.18. The lowest BCUT2D eigenvalue weighted by Gasteiger charge is -2.23. The predicted molar refractivity (Wildman–Crippen MR) is 83.1 cm³/mol. The SMILES string of the molecule is Cc1cc(S(=O)(=O)N(CC(N)=O)CC(C)C)cc(N)c1C. The molecule has 1 aromatic rings. The lowest BCUT2D eigenvalue weighted by molar-refractivity contribution is -0.118. The predicted octanol–water partition coefficient (Wildman–Crippen LogP) is 1.02. The Morgan fingerprint density at radius 2 is 1.86 bits per heavy atom. The molecular weight excluding hydrogens is 290 g/mol. The largest absolute Gasteiger partial charge is 0.398 e. The van der Waals surface area contributed by atoms with Crippen molar-refractivity contribution in [2.24, 2.45) is 11.7 Å². The topological polar surface area (TPSA) is 106 Å². The van der Waals surface area contributed by atoms with E-state index in [9.17, 15) is 13.2 Å². The van der Waals surface area contributed by atoms with Crippen LogP contribution in [0, 0.1) is 19.8 Å². The van der Waals surface area contributed by atoms with Crippen LogP contribution in [0.3, 0.4) is 0 Å². The molecule has 4 N–H and O–H groups in total. The second-order valence-corrected chi connectivity index (χ2v) is 7.55. The normalized spacial score (nSPS) is 12.1. The number of rotatable bonds is 6. The first-order valence-electron chi connectivity index (χ1n) is 6.71. The molecule has 0 aliphatic carbocycles.